The third kappa shape index (κ3) is 2.65. The second-order valence-electron chi connectivity index (χ2n) is 4.02. The zero-order valence-electron chi connectivity index (χ0n) is 9.04. The van der Waals surface area contributed by atoms with Crippen LogP contribution in [-0.4, -0.2) is 27.1 Å². The summed E-state index contributed by atoms with van der Waals surface area (Å²) in [5, 5.41) is 4.00. The van der Waals surface area contributed by atoms with Gasteiger partial charge in [-0.15, -0.1) is 5.10 Å². The molecule has 1 aromatic heterocycles. The molecule has 0 spiro atoms. The van der Waals surface area contributed by atoms with Gasteiger partial charge < -0.3 is 0 Å². The van der Waals surface area contributed by atoms with Crippen LogP contribution < -0.4 is 0 Å². The molecular weight excluding hydrogens is 218 g/mol. The largest absolute Gasteiger partial charge is 0.295 e. The SMILES string of the molecule is CCC(C)(C)N(C)Cc1nnsc1Cl. The second kappa shape index (κ2) is 4.55. The predicted molar refractivity (Wildman–Crippen MR) is 60.8 cm³/mol. The molecule has 0 saturated heterocycles. The Balaban J connectivity index is 2.66. The van der Waals surface area contributed by atoms with Crippen LogP contribution in [0, 0.1) is 0 Å². The number of aromatic nitrogens is 2. The van der Waals surface area contributed by atoms with E-state index in [-0.39, 0.29) is 5.54 Å². The van der Waals surface area contributed by atoms with Gasteiger partial charge in [-0.1, -0.05) is 23.0 Å². The lowest BCUT2D eigenvalue weighted by Crippen LogP contribution is -2.39. The van der Waals surface area contributed by atoms with Crippen molar-refractivity contribution >= 4 is 23.1 Å². The molecule has 0 aliphatic carbocycles. The zero-order chi connectivity index (χ0) is 10.8. The molecule has 0 unspecified atom stereocenters. The first-order chi connectivity index (χ1) is 6.47. The summed E-state index contributed by atoms with van der Waals surface area (Å²) in [6.45, 7) is 7.36. The fourth-order valence-electron chi connectivity index (χ4n) is 1.000. The quantitative estimate of drug-likeness (QED) is 0.801. The highest BCUT2D eigenvalue weighted by molar-refractivity contribution is 7.10. The first-order valence-electron chi connectivity index (χ1n) is 4.65. The van der Waals surface area contributed by atoms with Gasteiger partial charge >= 0.3 is 0 Å². The molecule has 1 heterocycles. The van der Waals surface area contributed by atoms with E-state index in [1.54, 1.807) is 0 Å². The van der Waals surface area contributed by atoms with Crippen LogP contribution in [0.25, 0.3) is 0 Å². The van der Waals surface area contributed by atoms with E-state index in [4.69, 9.17) is 11.6 Å². The molecule has 3 nitrogen and oxygen atoms in total. The van der Waals surface area contributed by atoms with Crippen LogP contribution in [0.2, 0.25) is 4.34 Å². The van der Waals surface area contributed by atoms with Crippen molar-refractivity contribution in [3.63, 3.8) is 0 Å². The summed E-state index contributed by atoms with van der Waals surface area (Å²) in [5.41, 5.74) is 1.05. The lowest BCUT2D eigenvalue weighted by Gasteiger charge is -2.34. The van der Waals surface area contributed by atoms with Crippen molar-refractivity contribution in [3.8, 4) is 0 Å². The lowest BCUT2D eigenvalue weighted by molar-refractivity contribution is 0.141. The van der Waals surface area contributed by atoms with Crippen molar-refractivity contribution in [2.24, 2.45) is 0 Å². The maximum Gasteiger partial charge on any atom is 0.138 e. The molecule has 0 fully saturated rings. The molecule has 0 atom stereocenters. The van der Waals surface area contributed by atoms with Gasteiger partial charge in [0.25, 0.3) is 0 Å². The van der Waals surface area contributed by atoms with E-state index < -0.39 is 0 Å². The molecule has 0 saturated carbocycles. The number of hydrogen-bond donors (Lipinski definition) is 0. The highest BCUT2D eigenvalue weighted by Crippen LogP contribution is 2.23. The molecule has 0 radical (unpaired) electrons. The van der Waals surface area contributed by atoms with E-state index in [1.807, 2.05) is 0 Å². The number of rotatable bonds is 4. The lowest BCUT2D eigenvalue weighted by atomic mass is 10.00. The number of hydrogen-bond acceptors (Lipinski definition) is 4. The molecule has 80 valence electrons. The summed E-state index contributed by atoms with van der Waals surface area (Å²) in [4.78, 5) is 2.25. The van der Waals surface area contributed by atoms with Gasteiger partial charge in [0, 0.05) is 23.6 Å². The summed E-state index contributed by atoms with van der Waals surface area (Å²) < 4.78 is 4.51. The van der Waals surface area contributed by atoms with Gasteiger partial charge in [-0.25, -0.2) is 0 Å². The summed E-state index contributed by atoms with van der Waals surface area (Å²) in [6.07, 6.45) is 1.10. The molecule has 5 heteroatoms. The Morgan fingerprint density at radius 1 is 1.50 bits per heavy atom. The molecule has 1 aromatic rings. The van der Waals surface area contributed by atoms with Crippen molar-refractivity contribution in [1.29, 1.82) is 0 Å². The summed E-state index contributed by atoms with van der Waals surface area (Å²) in [5.74, 6) is 0. The Morgan fingerprint density at radius 2 is 2.14 bits per heavy atom. The molecule has 0 aliphatic rings. The number of nitrogens with zero attached hydrogens (tertiary/aromatic N) is 3. The average Bonchev–Trinajstić information content (AvgIpc) is 2.52. The van der Waals surface area contributed by atoms with Crippen molar-refractivity contribution in [2.45, 2.75) is 39.3 Å². The van der Waals surface area contributed by atoms with Crippen LogP contribution in [0.4, 0.5) is 0 Å². The van der Waals surface area contributed by atoms with Crippen LogP contribution in [0.3, 0.4) is 0 Å². The summed E-state index contributed by atoms with van der Waals surface area (Å²) in [6, 6.07) is 0. The fraction of sp³-hybridized carbons (Fsp3) is 0.778. The molecule has 0 N–H and O–H groups in total. The standard InChI is InChI=1S/C9H16ClN3S/c1-5-9(2,3)13(4)6-7-8(10)14-12-11-7/h5-6H2,1-4H3. The topological polar surface area (TPSA) is 29.0 Å². The Morgan fingerprint density at radius 3 is 2.57 bits per heavy atom. The van der Waals surface area contributed by atoms with Crippen LogP contribution >= 0.6 is 23.1 Å². The van der Waals surface area contributed by atoms with Gasteiger partial charge in [0.05, 0.1) is 0 Å². The fourth-order valence-corrected chi connectivity index (χ4v) is 1.61. The van der Waals surface area contributed by atoms with Gasteiger partial charge in [0.2, 0.25) is 0 Å². The minimum atomic E-state index is 0.174. The second-order valence-corrected chi connectivity index (χ2v) is 5.37. The van der Waals surface area contributed by atoms with Crippen molar-refractivity contribution in [3.05, 3.63) is 10.0 Å². The zero-order valence-corrected chi connectivity index (χ0v) is 10.6. The first-order valence-corrected chi connectivity index (χ1v) is 5.80. The van der Waals surface area contributed by atoms with Gasteiger partial charge in [0.15, 0.2) is 0 Å². The van der Waals surface area contributed by atoms with Crippen molar-refractivity contribution < 1.29 is 0 Å². The smallest absolute Gasteiger partial charge is 0.138 e. The van der Waals surface area contributed by atoms with Crippen LogP contribution in [0.1, 0.15) is 32.9 Å². The maximum atomic E-state index is 5.94. The van der Waals surface area contributed by atoms with Crippen LogP contribution in [0.5, 0.6) is 0 Å². The van der Waals surface area contributed by atoms with Gasteiger partial charge in [-0.3, -0.25) is 4.90 Å². The van der Waals surface area contributed by atoms with E-state index >= 15 is 0 Å². The molecular formula is C9H16ClN3S. The van der Waals surface area contributed by atoms with Gasteiger partial charge in [0.1, 0.15) is 10.0 Å². The highest BCUT2D eigenvalue weighted by Gasteiger charge is 2.22. The van der Waals surface area contributed by atoms with E-state index in [0.717, 1.165) is 18.7 Å². The molecule has 1 rings (SSSR count). The molecule has 0 aliphatic heterocycles. The molecule has 0 bridgehead atoms. The Labute approximate surface area is 94.2 Å². The normalized spacial score (nSPS) is 12.4. The number of halogens is 1. The summed E-state index contributed by atoms with van der Waals surface area (Å²) >= 11 is 7.19. The van der Waals surface area contributed by atoms with Gasteiger partial charge in [-0.2, -0.15) is 0 Å². The van der Waals surface area contributed by atoms with Gasteiger partial charge in [-0.05, 0) is 27.3 Å². The average molecular weight is 234 g/mol. The van der Waals surface area contributed by atoms with E-state index in [2.05, 4.69) is 42.3 Å². The van der Waals surface area contributed by atoms with E-state index in [0.29, 0.717) is 4.34 Å². The first kappa shape index (κ1) is 11.9. The Hall–Kier alpha value is -0.190. The Bertz CT molecular complexity index is 298. The minimum absolute atomic E-state index is 0.174. The third-order valence-electron chi connectivity index (χ3n) is 2.79. The molecule has 0 amide bonds. The van der Waals surface area contributed by atoms with E-state index in [1.165, 1.54) is 11.5 Å². The molecule has 14 heavy (non-hydrogen) atoms. The van der Waals surface area contributed by atoms with Crippen molar-refractivity contribution in [1.82, 2.24) is 14.5 Å². The minimum Gasteiger partial charge on any atom is -0.295 e. The van der Waals surface area contributed by atoms with Crippen molar-refractivity contribution in [2.75, 3.05) is 7.05 Å². The van der Waals surface area contributed by atoms with E-state index in [9.17, 15) is 0 Å². The maximum absolute atomic E-state index is 5.94. The van der Waals surface area contributed by atoms with Crippen LogP contribution in [-0.2, 0) is 6.54 Å². The summed E-state index contributed by atoms with van der Waals surface area (Å²) in [7, 11) is 2.08. The predicted octanol–water partition coefficient (Wildman–Crippen LogP) is 2.81. The Kier molecular flexibility index (Phi) is 3.86. The third-order valence-corrected chi connectivity index (χ3v) is 3.78. The van der Waals surface area contributed by atoms with Crippen LogP contribution in [0.15, 0.2) is 0 Å². The highest BCUT2D eigenvalue weighted by atomic mass is 35.5. The monoisotopic (exact) mass is 233 g/mol. The molecule has 0 aromatic carbocycles.